The summed E-state index contributed by atoms with van der Waals surface area (Å²) in [6.07, 6.45) is 4.59. The van der Waals surface area contributed by atoms with Crippen LogP contribution in [0.25, 0.3) is 0 Å². The van der Waals surface area contributed by atoms with Gasteiger partial charge in [-0.3, -0.25) is 14.9 Å². The fraction of sp³-hybridized carbons (Fsp3) is 0.667. The fourth-order valence-corrected chi connectivity index (χ4v) is 3.22. The zero-order chi connectivity index (χ0) is 25.6. The van der Waals surface area contributed by atoms with Gasteiger partial charge in [-0.1, -0.05) is 39.0 Å². The first kappa shape index (κ1) is 29.3. The van der Waals surface area contributed by atoms with Crippen LogP contribution in [0.4, 0.5) is 10.5 Å². The Balaban J connectivity index is 2.83. The summed E-state index contributed by atoms with van der Waals surface area (Å²) in [5, 5.41) is 29.1. The van der Waals surface area contributed by atoms with Crippen LogP contribution in [-0.4, -0.2) is 53.2 Å². The van der Waals surface area contributed by atoms with Crippen LogP contribution in [0.15, 0.2) is 24.3 Å². The number of ether oxygens (including phenoxy) is 3. The summed E-state index contributed by atoms with van der Waals surface area (Å²) in [4.78, 5) is 35.4. The minimum absolute atomic E-state index is 0.0723. The molecule has 10 nitrogen and oxygen atoms in total. The summed E-state index contributed by atoms with van der Waals surface area (Å²) in [5.41, 5.74) is -1.36. The first-order valence-electron chi connectivity index (χ1n) is 11.7. The van der Waals surface area contributed by atoms with E-state index in [0.717, 1.165) is 38.5 Å². The van der Waals surface area contributed by atoms with Gasteiger partial charge in [-0.2, -0.15) is 0 Å². The highest BCUT2D eigenvalue weighted by molar-refractivity contribution is 5.77. The lowest BCUT2D eigenvalue weighted by atomic mass is 9.83. The molecule has 192 valence electrons. The number of non-ortho nitro benzene ring substituents is 1. The molecular weight excluding hydrogens is 446 g/mol. The third-order valence-electron chi connectivity index (χ3n) is 5.60. The van der Waals surface area contributed by atoms with Crippen LogP contribution in [0, 0.1) is 21.4 Å². The zero-order valence-electron chi connectivity index (χ0n) is 20.2. The Bertz CT molecular complexity index is 760. The van der Waals surface area contributed by atoms with Gasteiger partial charge in [0.2, 0.25) is 0 Å². The SMILES string of the molecule is CCCCCCCCC(OC(=O)Oc1ccc([N+](=O)[O-])cc1)C(C)(C)C(=O)OCC(CO)CO. The standard InChI is InChI=1S/C24H37NO9/c1-4-5-6-7-8-9-10-21(24(2,3)22(28)32-17-18(15-26)16-27)34-23(29)33-20-13-11-19(12-14-20)25(30)31/h11-14,18,21,26-27H,4-10,15-17H2,1-3H3. The lowest BCUT2D eigenvalue weighted by Gasteiger charge is -2.32. The molecule has 0 spiro atoms. The normalized spacial score (nSPS) is 12.3. The predicted octanol–water partition coefficient (Wildman–Crippen LogP) is 4.40. The van der Waals surface area contributed by atoms with E-state index in [1.54, 1.807) is 13.8 Å². The molecule has 1 aromatic rings. The highest BCUT2D eigenvalue weighted by atomic mass is 16.7. The Kier molecular flexibility index (Phi) is 13.1. The van der Waals surface area contributed by atoms with Gasteiger partial charge >= 0.3 is 12.1 Å². The van der Waals surface area contributed by atoms with Gasteiger partial charge in [0.25, 0.3) is 5.69 Å². The van der Waals surface area contributed by atoms with Crippen molar-refractivity contribution >= 4 is 17.8 Å². The maximum Gasteiger partial charge on any atom is 0.514 e. The van der Waals surface area contributed by atoms with Crippen LogP contribution in [0.1, 0.15) is 65.7 Å². The van der Waals surface area contributed by atoms with Crippen molar-refractivity contribution in [1.29, 1.82) is 0 Å². The van der Waals surface area contributed by atoms with E-state index in [0.29, 0.717) is 6.42 Å². The van der Waals surface area contributed by atoms with Gasteiger partial charge in [-0.05, 0) is 38.8 Å². The summed E-state index contributed by atoms with van der Waals surface area (Å²) in [6, 6.07) is 4.98. The molecule has 1 unspecified atom stereocenters. The fourth-order valence-electron chi connectivity index (χ4n) is 3.22. The van der Waals surface area contributed by atoms with Crippen molar-refractivity contribution in [2.24, 2.45) is 11.3 Å². The number of nitro benzene ring substituents is 1. The lowest BCUT2D eigenvalue weighted by Crippen LogP contribution is -2.42. The van der Waals surface area contributed by atoms with E-state index in [1.807, 2.05) is 0 Å². The van der Waals surface area contributed by atoms with E-state index < -0.39 is 34.5 Å². The number of aliphatic hydroxyl groups is 2. The molecule has 10 heteroatoms. The largest absolute Gasteiger partial charge is 0.514 e. The molecular formula is C24H37NO9. The Morgan fingerprint density at radius 2 is 1.62 bits per heavy atom. The van der Waals surface area contributed by atoms with E-state index in [-0.39, 0.29) is 31.3 Å². The maximum absolute atomic E-state index is 12.8. The second-order valence-electron chi connectivity index (χ2n) is 8.82. The van der Waals surface area contributed by atoms with Crippen molar-refractivity contribution in [1.82, 2.24) is 0 Å². The summed E-state index contributed by atoms with van der Waals surface area (Å²) >= 11 is 0. The van der Waals surface area contributed by atoms with Crippen LogP contribution in [0.3, 0.4) is 0 Å². The summed E-state index contributed by atoms with van der Waals surface area (Å²) < 4.78 is 15.9. The Morgan fingerprint density at radius 1 is 1.03 bits per heavy atom. The Morgan fingerprint density at radius 3 is 2.18 bits per heavy atom. The summed E-state index contributed by atoms with van der Waals surface area (Å²) in [6.45, 7) is 4.51. The van der Waals surface area contributed by atoms with E-state index in [4.69, 9.17) is 14.2 Å². The Hall–Kier alpha value is -2.72. The number of nitro groups is 1. The molecule has 0 heterocycles. The second-order valence-corrected chi connectivity index (χ2v) is 8.82. The number of carbonyl (C=O) groups excluding carboxylic acids is 2. The molecule has 0 saturated heterocycles. The molecule has 0 aliphatic rings. The third-order valence-corrected chi connectivity index (χ3v) is 5.60. The maximum atomic E-state index is 12.8. The first-order chi connectivity index (χ1) is 16.1. The average Bonchev–Trinajstić information content (AvgIpc) is 2.81. The van der Waals surface area contributed by atoms with Gasteiger partial charge < -0.3 is 24.4 Å². The van der Waals surface area contributed by atoms with Crippen molar-refractivity contribution < 1.29 is 38.9 Å². The van der Waals surface area contributed by atoms with Crippen LogP contribution >= 0.6 is 0 Å². The third kappa shape index (κ3) is 10.0. The lowest BCUT2D eigenvalue weighted by molar-refractivity contribution is -0.384. The first-order valence-corrected chi connectivity index (χ1v) is 11.7. The second kappa shape index (κ2) is 15.2. The Labute approximate surface area is 200 Å². The zero-order valence-corrected chi connectivity index (χ0v) is 20.2. The quantitative estimate of drug-likeness (QED) is 0.115. The number of unbranched alkanes of at least 4 members (excludes halogenated alkanes) is 5. The number of hydrogen-bond acceptors (Lipinski definition) is 9. The summed E-state index contributed by atoms with van der Waals surface area (Å²) in [7, 11) is 0. The molecule has 1 aromatic carbocycles. The number of benzene rings is 1. The number of rotatable bonds is 16. The van der Waals surface area contributed by atoms with Gasteiger partial charge in [-0.25, -0.2) is 4.79 Å². The van der Waals surface area contributed by atoms with E-state index in [1.165, 1.54) is 24.3 Å². The molecule has 0 aromatic heterocycles. The van der Waals surface area contributed by atoms with Crippen LogP contribution in [-0.2, 0) is 14.3 Å². The van der Waals surface area contributed by atoms with Crippen LogP contribution in [0.2, 0.25) is 0 Å². The van der Waals surface area contributed by atoms with Crippen LogP contribution in [0.5, 0.6) is 5.75 Å². The average molecular weight is 484 g/mol. The number of nitrogens with zero attached hydrogens (tertiary/aromatic N) is 1. The molecule has 0 bridgehead atoms. The summed E-state index contributed by atoms with van der Waals surface area (Å²) in [5.74, 6) is -1.15. The van der Waals surface area contributed by atoms with Crippen molar-refractivity contribution in [3.63, 3.8) is 0 Å². The highest BCUT2D eigenvalue weighted by Crippen LogP contribution is 2.30. The molecule has 0 saturated carbocycles. The van der Waals surface area contributed by atoms with Crippen molar-refractivity contribution in [3.05, 3.63) is 34.4 Å². The minimum Gasteiger partial charge on any atom is -0.465 e. The molecule has 2 N–H and O–H groups in total. The van der Waals surface area contributed by atoms with E-state index in [2.05, 4.69) is 6.92 Å². The number of aliphatic hydroxyl groups excluding tert-OH is 2. The van der Waals surface area contributed by atoms with E-state index in [9.17, 15) is 29.9 Å². The monoisotopic (exact) mass is 483 g/mol. The number of carbonyl (C=O) groups is 2. The molecule has 0 aliphatic carbocycles. The van der Waals surface area contributed by atoms with Gasteiger partial charge in [0.1, 0.15) is 11.9 Å². The van der Waals surface area contributed by atoms with Crippen molar-refractivity contribution in [2.45, 2.75) is 71.8 Å². The minimum atomic E-state index is -1.21. The molecule has 0 radical (unpaired) electrons. The molecule has 0 fully saturated rings. The molecule has 1 atom stereocenters. The van der Waals surface area contributed by atoms with Gasteiger partial charge in [0.15, 0.2) is 0 Å². The highest BCUT2D eigenvalue weighted by Gasteiger charge is 2.41. The topological polar surface area (TPSA) is 145 Å². The van der Waals surface area contributed by atoms with E-state index >= 15 is 0 Å². The van der Waals surface area contributed by atoms with Crippen LogP contribution < -0.4 is 4.74 Å². The predicted molar refractivity (Wildman–Crippen MR) is 124 cm³/mol. The van der Waals surface area contributed by atoms with Gasteiger partial charge in [0, 0.05) is 18.1 Å². The molecule has 34 heavy (non-hydrogen) atoms. The van der Waals surface area contributed by atoms with Crippen molar-refractivity contribution in [2.75, 3.05) is 19.8 Å². The molecule has 0 aliphatic heterocycles. The van der Waals surface area contributed by atoms with Crippen molar-refractivity contribution in [3.8, 4) is 5.75 Å². The van der Waals surface area contributed by atoms with Gasteiger partial charge in [0.05, 0.1) is 30.2 Å². The number of esters is 1. The van der Waals surface area contributed by atoms with Gasteiger partial charge in [-0.15, -0.1) is 0 Å². The number of hydrogen-bond donors (Lipinski definition) is 2. The molecule has 1 rings (SSSR count). The smallest absolute Gasteiger partial charge is 0.465 e. The molecule has 0 amide bonds.